The number of hydrogen-bond acceptors (Lipinski definition) is 31. The second-order valence-electron chi connectivity index (χ2n) is 29.0. The molecule has 0 unspecified atom stereocenters. The van der Waals surface area contributed by atoms with Gasteiger partial charge in [-0.25, -0.2) is 4.18 Å². The van der Waals surface area contributed by atoms with Crippen LogP contribution in [-0.4, -0.2) is 305 Å². The van der Waals surface area contributed by atoms with E-state index in [1.54, 1.807) is 6.92 Å². The van der Waals surface area contributed by atoms with Crippen LogP contribution in [0.3, 0.4) is 0 Å². The van der Waals surface area contributed by atoms with Crippen LogP contribution in [0.25, 0.3) is 0 Å². The highest BCUT2D eigenvalue weighted by Gasteiger charge is 2.64. The van der Waals surface area contributed by atoms with E-state index >= 15 is 0 Å². The number of allylic oxidation sites excluding steroid dienone is 2. The quantitative estimate of drug-likeness (QED) is 0.0383. The number of aliphatic hydroxyl groups excluding tert-OH is 14. The van der Waals surface area contributed by atoms with Gasteiger partial charge in [-0.3, -0.25) is 9.35 Å². The lowest BCUT2D eigenvalue weighted by Gasteiger charge is -2.60. The molecule has 0 amide bonds. The molecule has 94 heavy (non-hydrogen) atoms. The van der Waals surface area contributed by atoms with Crippen molar-refractivity contribution in [3.63, 3.8) is 0 Å². The highest BCUT2D eigenvalue weighted by Crippen LogP contribution is 2.67. The molecule has 6 heterocycles. The van der Waals surface area contributed by atoms with Crippen molar-refractivity contribution in [2.45, 2.75) is 303 Å². The van der Waals surface area contributed by atoms with Crippen molar-refractivity contribution in [3.05, 3.63) is 11.6 Å². The lowest BCUT2D eigenvalue weighted by Crippen LogP contribution is -2.67. The average molecular weight is 1380 g/mol. The van der Waals surface area contributed by atoms with E-state index in [1.165, 1.54) is 20.8 Å². The van der Waals surface area contributed by atoms with Gasteiger partial charge in [0.25, 0.3) is 0 Å². The minimum atomic E-state index is -4.88. The molecule has 0 radical (unpaired) electrons. The molecule has 9 fully saturated rings. The Hall–Kier alpha value is -1.80. The van der Waals surface area contributed by atoms with Crippen molar-refractivity contribution in [3.8, 4) is 0 Å². The molecule has 10 aliphatic rings. The molecule has 10 rings (SSSR count). The summed E-state index contributed by atoms with van der Waals surface area (Å²) in [4.78, 5) is 13.2. The third kappa shape index (κ3) is 14.8. The van der Waals surface area contributed by atoms with E-state index in [9.17, 15) is 94.4 Å². The van der Waals surface area contributed by atoms with Gasteiger partial charge in [0.2, 0.25) is 0 Å². The van der Waals surface area contributed by atoms with E-state index < -0.39 is 237 Å². The van der Waals surface area contributed by atoms with E-state index in [1.807, 2.05) is 13.8 Å². The van der Waals surface area contributed by atoms with Gasteiger partial charge in [-0.2, -0.15) is 8.42 Å². The van der Waals surface area contributed by atoms with Crippen LogP contribution in [-0.2, 0) is 76.2 Å². The van der Waals surface area contributed by atoms with Gasteiger partial charge < -0.3 is 133 Å². The number of rotatable bonds is 21. The summed E-state index contributed by atoms with van der Waals surface area (Å²) < 4.78 is 112. The number of ketones is 1. The molecule has 542 valence electrons. The van der Waals surface area contributed by atoms with Crippen LogP contribution in [0, 0.1) is 40.4 Å². The van der Waals surface area contributed by atoms with E-state index in [-0.39, 0.29) is 48.7 Å². The number of Topliss-reactive ketones (excluding diaryl/α,β-unsaturated/α-hetero) is 1. The van der Waals surface area contributed by atoms with Gasteiger partial charge in [-0.05, 0) is 113 Å². The Morgan fingerprint density at radius 1 is 0.585 bits per heavy atom. The Bertz CT molecular complexity index is 2700. The molecule has 0 spiro atoms. The fraction of sp³-hybridized carbons (Fsp3) is 0.951. The molecule has 3 saturated carbocycles. The predicted octanol–water partition coefficient (Wildman–Crippen LogP) is -4.21. The third-order valence-electron chi connectivity index (χ3n) is 22.1. The topological polar surface area (TPSA) is 495 Å². The average Bonchev–Trinajstić information content (AvgIpc) is 1.36. The lowest BCUT2D eigenvalue weighted by atomic mass is 9.47. The molecule has 0 bridgehead atoms. The Labute approximate surface area is 544 Å². The number of ether oxygens (including phenoxy) is 12. The fourth-order valence-corrected chi connectivity index (χ4v) is 17.6. The van der Waals surface area contributed by atoms with Crippen molar-refractivity contribution in [1.82, 2.24) is 0 Å². The molecule has 0 aromatic rings. The minimum absolute atomic E-state index is 0.00217. The zero-order valence-corrected chi connectivity index (χ0v) is 54.7. The Morgan fingerprint density at radius 3 is 1.74 bits per heavy atom. The summed E-state index contributed by atoms with van der Waals surface area (Å²) in [5.41, 5.74) is -1.25. The van der Waals surface area contributed by atoms with Gasteiger partial charge >= 0.3 is 10.4 Å². The molecule has 32 nitrogen and oxygen atoms in total. The number of carbonyl (C=O) groups is 1. The summed E-state index contributed by atoms with van der Waals surface area (Å²) in [6, 6.07) is 0. The molecule has 33 heteroatoms. The number of hydrogen-bond donors (Lipinski definition) is 16. The summed E-state index contributed by atoms with van der Waals surface area (Å²) in [5, 5.41) is 168. The zero-order valence-electron chi connectivity index (χ0n) is 53.9. The first-order chi connectivity index (χ1) is 44.0. The van der Waals surface area contributed by atoms with Crippen molar-refractivity contribution in [2.24, 2.45) is 40.4 Å². The smallest absolute Gasteiger partial charge is 0.394 e. The molecular formula is C61H100O32S. The van der Waals surface area contributed by atoms with Gasteiger partial charge in [0.1, 0.15) is 122 Å². The van der Waals surface area contributed by atoms with E-state index in [2.05, 4.69) is 19.9 Å². The number of carbonyl (C=O) groups excluding carboxylic acids is 1. The van der Waals surface area contributed by atoms with Crippen molar-refractivity contribution < 1.29 is 155 Å². The van der Waals surface area contributed by atoms with Crippen LogP contribution in [0.5, 0.6) is 0 Å². The van der Waals surface area contributed by atoms with Crippen LogP contribution in [0.15, 0.2) is 11.6 Å². The fourth-order valence-electron chi connectivity index (χ4n) is 17.1. The Balaban J connectivity index is 0.874. The van der Waals surface area contributed by atoms with Gasteiger partial charge in [0.15, 0.2) is 37.7 Å². The Morgan fingerprint density at radius 2 is 1.11 bits per heavy atom. The molecule has 0 aromatic heterocycles. The van der Waals surface area contributed by atoms with Crippen molar-refractivity contribution in [2.75, 3.05) is 19.8 Å². The van der Waals surface area contributed by atoms with Crippen molar-refractivity contribution >= 4 is 16.2 Å². The summed E-state index contributed by atoms with van der Waals surface area (Å²) >= 11 is 0. The van der Waals surface area contributed by atoms with Gasteiger partial charge in [-0.15, -0.1) is 0 Å². The van der Waals surface area contributed by atoms with Gasteiger partial charge in [-0.1, -0.05) is 39.3 Å². The second-order valence-corrected chi connectivity index (χ2v) is 30.0. The molecule has 6 saturated heterocycles. The van der Waals surface area contributed by atoms with Crippen LogP contribution in [0.2, 0.25) is 0 Å². The molecule has 4 aliphatic carbocycles. The highest BCUT2D eigenvalue weighted by molar-refractivity contribution is 7.80. The minimum Gasteiger partial charge on any atom is -0.394 e. The first-order valence-electron chi connectivity index (χ1n) is 32.8. The maximum absolute atomic E-state index is 13.2. The SMILES string of the molecule is CC(C)CC(=O)C[C@](C)(O)[C@H]1CC[C@H]2[C@@H]3C[C@H](O[C@@H]4O[C@H](C)[C@@H](O[C@@H]5OC[C@@H](O[C@@H]6O[C@H](CO)[C@H](O)[C@H](O)[C@H]6O[C@@H]6O[C@H](C)[C@H](O)[C@H](O[C@@H]7O[C@@H](CO)[C@H](O)[C@H]7O)[C@H]6O)[C@H](O)[C@H]5O[C@@H]5O[C@H](C)[C@@H](O)[C@H](O)[C@H]5O)[C@H](O)[C@H]4O)[C@H]4C[C@@H](OS(=O)(=O)O)CC[C@]4(C)C3=CC[C@@]21C. The maximum Gasteiger partial charge on any atom is 0.397 e. The predicted molar refractivity (Wildman–Crippen MR) is 312 cm³/mol. The monoisotopic (exact) mass is 1380 g/mol. The van der Waals surface area contributed by atoms with Gasteiger partial charge in [0, 0.05) is 12.8 Å². The lowest BCUT2D eigenvalue weighted by molar-refractivity contribution is -0.400. The summed E-state index contributed by atoms with van der Waals surface area (Å²) in [7, 11) is -4.88. The van der Waals surface area contributed by atoms with Crippen LogP contribution >= 0.6 is 0 Å². The largest absolute Gasteiger partial charge is 0.397 e. The molecular weight excluding hydrogens is 1280 g/mol. The van der Waals surface area contributed by atoms with Crippen LogP contribution in [0.1, 0.15) is 113 Å². The normalized spacial score (nSPS) is 51.5. The maximum atomic E-state index is 13.2. The van der Waals surface area contributed by atoms with E-state index in [0.29, 0.717) is 32.1 Å². The molecule has 6 aliphatic heterocycles. The van der Waals surface area contributed by atoms with Crippen LogP contribution in [0.4, 0.5) is 0 Å². The van der Waals surface area contributed by atoms with Gasteiger partial charge in [0.05, 0.1) is 55.9 Å². The molecule has 0 aromatic carbocycles. The summed E-state index contributed by atoms with van der Waals surface area (Å²) in [6.45, 7) is 11.7. The molecule has 37 atom stereocenters. The standard InChI is InChI=1S/C61H100O32S/c1-22(2)15-26(64)18-61(8,77)36-10-9-29-28-17-32(31-16-27(93-94(78,79)80)11-13-59(31,6)30(28)12-14-60(29,36)7)85-53-47(75)44(72)49(25(5)84-53)89-57-51(91-54-46(74)42(70)37(65)23(3)82-54)41(69)35(21-81-57)88-58-52(43(71)39(67)33(19-62)87-58)92-56-48(76)50(38(66)24(4)83-56)90-55-45(73)40(68)34(20-63)86-55/h12,22-25,27-29,31-58,62-63,65-77H,9-11,13-21H2,1-8H3,(H,78,79,80)/t23-,24-,25-,27+,28+,29+,31-,32+,33-,34+,35-,36+,37-,38+,39+,40+,41+,42+,43+,44-,45-,46-,47-,48-,49-,50+,51-,52-,53+,54+,55+,56+,57+,58+,59-,60+,61+/m1/s1. The Kier molecular flexibility index (Phi) is 23.3. The number of aliphatic hydroxyl groups is 15. The first kappa shape index (κ1) is 74.9. The van der Waals surface area contributed by atoms with E-state index in [0.717, 1.165) is 12.0 Å². The third-order valence-corrected chi connectivity index (χ3v) is 22.6. The van der Waals surface area contributed by atoms with Crippen LogP contribution < -0.4 is 0 Å². The first-order valence-corrected chi connectivity index (χ1v) is 34.2. The van der Waals surface area contributed by atoms with Crippen molar-refractivity contribution in [1.29, 1.82) is 0 Å². The highest BCUT2D eigenvalue weighted by atomic mass is 32.3. The zero-order chi connectivity index (χ0) is 68.7. The second kappa shape index (κ2) is 29.3. The summed E-state index contributed by atoms with van der Waals surface area (Å²) in [6.07, 6.45) is -44.5. The number of fused-ring (bicyclic) bond motifs is 5. The molecule has 16 N–H and O–H groups in total. The summed E-state index contributed by atoms with van der Waals surface area (Å²) in [5.74, 6) is -0.792. The van der Waals surface area contributed by atoms with E-state index in [4.69, 9.17) is 61.0 Å².